The summed E-state index contributed by atoms with van der Waals surface area (Å²) in [5, 5.41) is 4.37. The van der Waals surface area contributed by atoms with Gasteiger partial charge in [0.05, 0.1) is 10.2 Å². The third-order valence-corrected chi connectivity index (χ3v) is 6.89. The van der Waals surface area contributed by atoms with Crippen LogP contribution in [0.25, 0.3) is 10.2 Å². The fraction of sp³-hybridized carbons (Fsp3) is 0.600. The van der Waals surface area contributed by atoms with E-state index in [0.29, 0.717) is 6.04 Å². The largest absolute Gasteiger partial charge is 0.348 e. The zero-order valence-corrected chi connectivity index (χ0v) is 17.0. The van der Waals surface area contributed by atoms with Gasteiger partial charge >= 0.3 is 6.03 Å². The topological polar surface area (TPSA) is 51.7 Å². The molecule has 0 spiro atoms. The molecule has 146 valence electrons. The van der Waals surface area contributed by atoms with Crippen LogP contribution in [-0.4, -0.2) is 73.2 Å². The number of piperidine rings is 2. The average molecular weight is 388 g/mol. The summed E-state index contributed by atoms with van der Waals surface area (Å²) in [7, 11) is 4.20. The van der Waals surface area contributed by atoms with Gasteiger partial charge in [0.25, 0.3) is 0 Å². The van der Waals surface area contributed by atoms with Crippen LogP contribution >= 0.6 is 11.3 Å². The average Bonchev–Trinajstić information content (AvgIpc) is 3.13. The number of nitrogens with one attached hydrogen (secondary N) is 1. The normalized spacial score (nSPS) is 21.8. The van der Waals surface area contributed by atoms with Gasteiger partial charge in [-0.3, -0.25) is 0 Å². The van der Waals surface area contributed by atoms with Gasteiger partial charge in [0.1, 0.15) is 0 Å². The zero-order valence-electron chi connectivity index (χ0n) is 16.2. The zero-order chi connectivity index (χ0) is 18.8. The van der Waals surface area contributed by atoms with Gasteiger partial charge in [-0.15, -0.1) is 0 Å². The Kier molecular flexibility index (Phi) is 5.50. The van der Waals surface area contributed by atoms with Crippen LogP contribution < -0.4 is 10.2 Å². The Morgan fingerprint density at radius 2 is 1.96 bits per heavy atom. The number of rotatable bonds is 3. The van der Waals surface area contributed by atoms with Crippen molar-refractivity contribution >= 4 is 32.7 Å². The van der Waals surface area contributed by atoms with Crippen molar-refractivity contribution in [2.45, 2.75) is 37.8 Å². The third kappa shape index (κ3) is 4.19. The number of thiazole rings is 1. The number of urea groups is 1. The van der Waals surface area contributed by atoms with E-state index in [1.807, 2.05) is 11.0 Å². The van der Waals surface area contributed by atoms with Crippen LogP contribution in [0.4, 0.5) is 9.93 Å². The minimum atomic E-state index is 0.111. The molecule has 2 saturated heterocycles. The lowest BCUT2D eigenvalue weighted by Crippen LogP contribution is -2.54. The van der Waals surface area contributed by atoms with Crippen molar-refractivity contribution in [1.82, 2.24) is 20.1 Å². The molecule has 1 N–H and O–H groups in total. The minimum absolute atomic E-state index is 0.111. The molecular formula is C20H29N5OS. The van der Waals surface area contributed by atoms with E-state index in [0.717, 1.165) is 56.1 Å². The van der Waals surface area contributed by atoms with Gasteiger partial charge in [0.2, 0.25) is 0 Å². The Bertz CT molecular complexity index is 751. The summed E-state index contributed by atoms with van der Waals surface area (Å²) in [5.74, 6) is 0. The summed E-state index contributed by atoms with van der Waals surface area (Å²) in [6.07, 6.45) is 4.23. The molecule has 2 aliphatic rings. The Balaban J connectivity index is 1.29. The molecule has 1 atom stereocenters. The van der Waals surface area contributed by atoms with E-state index in [9.17, 15) is 4.79 Å². The molecule has 1 aromatic heterocycles. The lowest BCUT2D eigenvalue weighted by Gasteiger charge is -2.38. The third-order valence-electron chi connectivity index (χ3n) is 5.79. The van der Waals surface area contributed by atoms with Gasteiger partial charge in [-0.25, -0.2) is 9.78 Å². The highest BCUT2D eigenvalue weighted by Crippen LogP contribution is 2.30. The number of carbonyl (C=O) groups excluding carboxylic acids is 1. The van der Waals surface area contributed by atoms with E-state index in [-0.39, 0.29) is 12.1 Å². The number of likely N-dealkylation sites (N-methyl/N-ethyl adjacent to an activating group) is 1. The number of hydrogen-bond acceptors (Lipinski definition) is 5. The molecule has 2 amide bonds. The second-order valence-electron chi connectivity index (χ2n) is 7.88. The molecule has 6 nitrogen and oxygen atoms in total. The van der Waals surface area contributed by atoms with Gasteiger partial charge in [-0.2, -0.15) is 0 Å². The van der Waals surface area contributed by atoms with Crippen LogP contribution in [0.3, 0.4) is 0 Å². The first-order valence-electron chi connectivity index (χ1n) is 9.92. The molecule has 0 saturated carbocycles. The van der Waals surface area contributed by atoms with Crippen LogP contribution in [0.1, 0.15) is 25.7 Å². The summed E-state index contributed by atoms with van der Waals surface area (Å²) in [6, 6.07) is 9.15. The SMILES string of the molecule is CN(C)C1CCCN(C(=O)NC2CCN(c3nc4ccccc4s3)CC2)C1. The number of nitrogens with zero attached hydrogens (tertiary/aromatic N) is 4. The smallest absolute Gasteiger partial charge is 0.317 e. The van der Waals surface area contributed by atoms with Crippen molar-refractivity contribution in [1.29, 1.82) is 0 Å². The molecule has 2 aromatic rings. The number of hydrogen-bond donors (Lipinski definition) is 1. The quantitative estimate of drug-likeness (QED) is 0.880. The fourth-order valence-electron chi connectivity index (χ4n) is 4.04. The van der Waals surface area contributed by atoms with E-state index >= 15 is 0 Å². The number of amides is 2. The lowest BCUT2D eigenvalue weighted by molar-refractivity contribution is 0.137. The van der Waals surface area contributed by atoms with E-state index in [1.165, 1.54) is 11.1 Å². The van der Waals surface area contributed by atoms with Gasteiger partial charge in [-0.1, -0.05) is 23.5 Å². The van der Waals surface area contributed by atoms with Crippen molar-refractivity contribution in [3.8, 4) is 0 Å². The number of benzene rings is 1. The van der Waals surface area contributed by atoms with E-state index in [1.54, 1.807) is 11.3 Å². The first-order valence-corrected chi connectivity index (χ1v) is 10.7. The number of fused-ring (bicyclic) bond motifs is 1. The summed E-state index contributed by atoms with van der Waals surface area (Å²) in [4.78, 5) is 24.0. The molecule has 0 radical (unpaired) electrons. The summed E-state index contributed by atoms with van der Waals surface area (Å²) in [6.45, 7) is 3.61. The van der Waals surface area contributed by atoms with Crippen molar-refractivity contribution < 1.29 is 4.79 Å². The van der Waals surface area contributed by atoms with Gasteiger partial charge < -0.3 is 20.0 Å². The molecular weight excluding hydrogens is 358 g/mol. The first kappa shape index (κ1) is 18.5. The Labute approximate surface area is 165 Å². The molecule has 0 bridgehead atoms. The van der Waals surface area contributed by atoms with Crippen molar-refractivity contribution in [3.63, 3.8) is 0 Å². The molecule has 27 heavy (non-hydrogen) atoms. The second-order valence-corrected chi connectivity index (χ2v) is 8.89. The molecule has 4 rings (SSSR count). The maximum absolute atomic E-state index is 12.7. The number of likely N-dealkylation sites (tertiary alicyclic amines) is 1. The van der Waals surface area contributed by atoms with Crippen LogP contribution in [0, 0.1) is 0 Å². The highest BCUT2D eigenvalue weighted by atomic mass is 32.1. The van der Waals surface area contributed by atoms with Crippen LogP contribution in [0.15, 0.2) is 24.3 Å². The van der Waals surface area contributed by atoms with Crippen molar-refractivity contribution in [3.05, 3.63) is 24.3 Å². The van der Waals surface area contributed by atoms with E-state index in [4.69, 9.17) is 4.98 Å². The van der Waals surface area contributed by atoms with E-state index < -0.39 is 0 Å². The van der Waals surface area contributed by atoms with Crippen molar-refractivity contribution in [2.24, 2.45) is 0 Å². The number of anilines is 1. The Morgan fingerprint density at radius 1 is 1.19 bits per heavy atom. The van der Waals surface area contributed by atoms with E-state index in [2.05, 4.69) is 47.4 Å². The maximum Gasteiger partial charge on any atom is 0.317 e. The molecule has 2 aliphatic heterocycles. The predicted octanol–water partition coefficient (Wildman–Crippen LogP) is 3.00. The Morgan fingerprint density at radius 3 is 2.70 bits per heavy atom. The van der Waals surface area contributed by atoms with Crippen LogP contribution in [-0.2, 0) is 0 Å². The van der Waals surface area contributed by atoms with Gasteiger partial charge in [-0.05, 0) is 51.9 Å². The second kappa shape index (κ2) is 8.02. The highest BCUT2D eigenvalue weighted by Gasteiger charge is 2.28. The van der Waals surface area contributed by atoms with Crippen molar-refractivity contribution in [2.75, 3.05) is 45.2 Å². The summed E-state index contributed by atoms with van der Waals surface area (Å²) in [5.41, 5.74) is 1.08. The molecule has 2 fully saturated rings. The standard InChI is InChI=1S/C20H29N5OS/c1-23(2)16-6-5-11-25(14-16)19(26)21-15-9-12-24(13-10-15)20-22-17-7-3-4-8-18(17)27-20/h3-4,7-8,15-16H,5-6,9-14H2,1-2H3,(H,21,26). The molecule has 7 heteroatoms. The Hall–Kier alpha value is -1.86. The number of aromatic nitrogens is 1. The molecule has 0 aliphatic carbocycles. The molecule has 1 unspecified atom stereocenters. The minimum Gasteiger partial charge on any atom is -0.348 e. The van der Waals surface area contributed by atoms with Crippen LogP contribution in [0.5, 0.6) is 0 Å². The number of para-hydroxylation sites is 1. The molecule has 1 aromatic carbocycles. The summed E-state index contributed by atoms with van der Waals surface area (Å²) >= 11 is 1.76. The number of carbonyl (C=O) groups is 1. The predicted molar refractivity (Wildman–Crippen MR) is 112 cm³/mol. The monoisotopic (exact) mass is 387 g/mol. The summed E-state index contributed by atoms with van der Waals surface area (Å²) < 4.78 is 1.24. The lowest BCUT2D eigenvalue weighted by atomic mass is 10.0. The first-order chi connectivity index (χ1) is 13.1. The fourth-order valence-corrected chi connectivity index (χ4v) is 5.05. The van der Waals surface area contributed by atoms with Gasteiger partial charge in [0, 0.05) is 38.3 Å². The molecule has 3 heterocycles. The highest BCUT2D eigenvalue weighted by molar-refractivity contribution is 7.22. The van der Waals surface area contributed by atoms with Gasteiger partial charge in [0.15, 0.2) is 5.13 Å². The maximum atomic E-state index is 12.7. The van der Waals surface area contributed by atoms with Crippen LogP contribution in [0.2, 0.25) is 0 Å².